The molecule has 42 heavy (non-hydrogen) atoms. The van der Waals surface area contributed by atoms with Gasteiger partial charge >= 0.3 is 12.0 Å². The molecule has 4 aromatic rings. The van der Waals surface area contributed by atoms with Gasteiger partial charge in [0.25, 0.3) is 0 Å². The standard InChI is InChI=1S/C32H27Cl3N4O3/c1-42-31(40)25-18-38(16-19-6-5-11-36-14-19)17-24(25)20-12-22(21-7-2-3-8-26(21)33)23-15-37-32(41)39(29(23)13-20)30-27(34)9-4-10-28(30)35/h2-14,24-25H,15-18H2,1H3,(H,37,41)/t24?,25-/m0/s1. The van der Waals surface area contributed by atoms with E-state index in [2.05, 4.69) is 21.3 Å². The Balaban J connectivity index is 1.52. The Morgan fingerprint density at radius 3 is 2.45 bits per heavy atom. The summed E-state index contributed by atoms with van der Waals surface area (Å²) >= 11 is 20.0. The molecule has 0 spiro atoms. The zero-order chi connectivity index (χ0) is 29.4. The number of anilines is 2. The van der Waals surface area contributed by atoms with Crippen molar-refractivity contribution < 1.29 is 14.3 Å². The number of esters is 1. The minimum absolute atomic E-state index is 0.214. The van der Waals surface area contributed by atoms with E-state index >= 15 is 0 Å². The summed E-state index contributed by atoms with van der Waals surface area (Å²) < 4.78 is 5.26. The predicted molar refractivity (Wildman–Crippen MR) is 165 cm³/mol. The number of amides is 2. The van der Waals surface area contributed by atoms with Crippen LogP contribution in [0.2, 0.25) is 15.1 Å². The van der Waals surface area contributed by atoms with E-state index in [0.29, 0.717) is 46.1 Å². The van der Waals surface area contributed by atoms with Crippen molar-refractivity contribution in [3.8, 4) is 11.1 Å². The Morgan fingerprint density at radius 2 is 1.74 bits per heavy atom. The Kier molecular flexibility index (Phi) is 8.10. The smallest absolute Gasteiger partial charge is 0.326 e. The number of rotatable bonds is 6. The van der Waals surface area contributed by atoms with Crippen LogP contribution in [0.1, 0.15) is 22.6 Å². The molecule has 214 valence electrons. The van der Waals surface area contributed by atoms with Gasteiger partial charge < -0.3 is 10.1 Å². The van der Waals surface area contributed by atoms with Gasteiger partial charge in [0.05, 0.1) is 34.4 Å². The van der Waals surface area contributed by atoms with Crippen molar-refractivity contribution in [1.82, 2.24) is 15.2 Å². The summed E-state index contributed by atoms with van der Waals surface area (Å²) in [5.74, 6) is -0.915. The molecule has 1 fully saturated rings. The van der Waals surface area contributed by atoms with Crippen molar-refractivity contribution in [2.45, 2.75) is 19.0 Å². The minimum atomic E-state index is -0.418. The van der Waals surface area contributed by atoms with Crippen molar-refractivity contribution in [3.05, 3.63) is 111 Å². The average molecular weight is 622 g/mol. The highest BCUT2D eigenvalue weighted by Gasteiger charge is 2.41. The van der Waals surface area contributed by atoms with Crippen LogP contribution in [-0.2, 0) is 22.6 Å². The summed E-state index contributed by atoms with van der Waals surface area (Å²) in [7, 11) is 1.41. The van der Waals surface area contributed by atoms with E-state index in [1.807, 2.05) is 48.7 Å². The summed E-state index contributed by atoms with van der Waals surface area (Å²) in [5.41, 5.74) is 5.50. The van der Waals surface area contributed by atoms with Crippen molar-refractivity contribution in [1.29, 1.82) is 0 Å². The van der Waals surface area contributed by atoms with Crippen LogP contribution in [0.15, 0.2) is 79.1 Å². The van der Waals surface area contributed by atoms with E-state index in [4.69, 9.17) is 39.5 Å². The summed E-state index contributed by atoms with van der Waals surface area (Å²) in [4.78, 5) is 34.6. The molecule has 2 aliphatic rings. The number of hydrogen-bond donors (Lipinski definition) is 1. The van der Waals surface area contributed by atoms with Gasteiger partial charge in [0.2, 0.25) is 0 Å². The number of hydrogen-bond acceptors (Lipinski definition) is 5. The third-order valence-corrected chi connectivity index (χ3v) is 8.83. The third-order valence-electron chi connectivity index (χ3n) is 7.89. The van der Waals surface area contributed by atoms with Gasteiger partial charge in [-0.05, 0) is 47.0 Å². The third kappa shape index (κ3) is 5.34. The van der Waals surface area contributed by atoms with Crippen LogP contribution in [0, 0.1) is 5.92 Å². The number of halogens is 3. The first kappa shape index (κ1) is 28.5. The monoisotopic (exact) mass is 620 g/mol. The molecule has 0 radical (unpaired) electrons. The van der Waals surface area contributed by atoms with Gasteiger partial charge in [-0.25, -0.2) is 4.79 Å². The van der Waals surface area contributed by atoms with Gasteiger partial charge in [-0.15, -0.1) is 0 Å². The molecule has 0 bridgehead atoms. The van der Waals surface area contributed by atoms with Crippen molar-refractivity contribution in [2.75, 3.05) is 25.1 Å². The molecule has 2 atom stereocenters. The van der Waals surface area contributed by atoms with E-state index in [0.717, 1.165) is 27.8 Å². The van der Waals surface area contributed by atoms with Gasteiger partial charge in [-0.1, -0.05) is 71.2 Å². The number of carbonyl (C=O) groups is 2. The molecule has 3 heterocycles. The van der Waals surface area contributed by atoms with Crippen LogP contribution in [0.3, 0.4) is 0 Å². The van der Waals surface area contributed by atoms with Gasteiger partial charge in [-0.3, -0.25) is 19.6 Å². The normalized spacial score (nSPS) is 18.5. The molecule has 1 N–H and O–H groups in total. The number of urea groups is 1. The Hall–Kier alpha value is -3.62. The van der Waals surface area contributed by atoms with Crippen LogP contribution in [0.4, 0.5) is 16.2 Å². The first-order chi connectivity index (χ1) is 20.4. The molecule has 1 saturated heterocycles. The maximum absolute atomic E-state index is 13.5. The topological polar surface area (TPSA) is 74.8 Å². The Bertz CT molecular complexity index is 1650. The number of fused-ring (bicyclic) bond motifs is 1. The molecule has 0 saturated carbocycles. The predicted octanol–water partition coefficient (Wildman–Crippen LogP) is 7.46. The van der Waals surface area contributed by atoms with Crippen molar-refractivity contribution in [2.24, 2.45) is 5.92 Å². The average Bonchev–Trinajstić information content (AvgIpc) is 3.41. The summed E-state index contributed by atoms with van der Waals surface area (Å²) in [5, 5.41) is 4.22. The number of likely N-dealkylation sites (tertiary alicyclic amines) is 1. The maximum atomic E-state index is 13.5. The lowest BCUT2D eigenvalue weighted by Gasteiger charge is -2.34. The molecular weight excluding hydrogens is 595 g/mol. The highest BCUT2D eigenvalue weighted by atomic mass is 35.5. The molecular formula is C32H27Cl3N4O3. The molecule has 2 aliphatic heterocycles. The quantitative estimate of drug-likeness (QED) is 0.226. The second-order valence-electron chi connectivity index (χ2n) is 10.4. The number of para-hydroxylation sites is 1. The first-order valence-corrected chi connectivity index (χ1v) is 14.6. The second-order valence-corrected chi connectivity index (χ2v) is 11.6. The van der Waals surface area contributed by atoms with E-state index in [9.17, 15) is 9.59 Å². The van der Waals surface area contributed by atoms with Gasteiger partial charge in [-0.2, -0.15) is 0 Å². The SMILES string of the molecule is COC(=O)[C@H]1CN(Cc2cccnc2)CC1c1cc(-c2ccccc2Cl)c2c(c1)N(c1c(Cl)cccc1Cl)C(=O)NC2. The molecule has 6 rings (SSSR count). The van der Waals surface area contributed by atoms with Crippen LogP contribution in [0.25, 0.3) is 11.1 Å². The highest BCUT2D eigenvalue weighted by Crippen LogP contribution is 2.47. The minimum Gasteiger partial charge on any atom is -0.469 e. The zero-order valence-electron chi connectivity index (χ0n) is 22.7. The second kappa shape index (κ2) is 11.9. The van der Waals surface area contributed by atoms with Gasteiger partial charge in [0, 0.05) is 60.6 Å². The molecule has 1 aromatic heterocycles. The van der Waals surface area contributed by atoms with Crippen LogP contribution in [0.5, 0.6) is 0 Å². The molecule has 0 aliphatic carbocycles. The number of nitrogens with one attached hydrogen (secondary N) is 1. The summed E-state index contributed by atoms with van der Waals surface area (Å²) in [6, 6.07) is 20.3. The van der Waals surface area contributed by atoms with E-state index in [-0.39, 0.29) is 24.5 Å². The van der Waals surface area contributed by atoms with Crippen molar-refractivity contribution in [3.63, 3.8) is 0 Å². The number of carbonyl (C=O) groups excluding carboxylic acids is 2. The van der Waals surface area contributed by atoms with E-state index < -0.39 is 5.92 Å². The number of benzene rings is 3. The van der Waals surface area contributed by atoms with Crippen LogP contribution in [-0.4, -0.2) is 42.1 Å². The first-order valence-electron chi connectivity index (χ1n) is 13.5. The molecule has 3 aromatic carbocycles. The summed E-state index contributed by atoms with van der Waals surface area (Å²) in [6.07, 6.45) is 3.57. The maximum Gasteiger partial charge on any atom is 0.326 e. The van der Waals surface area contributed by atoms with E-state index in [1.165, 1.54) is 12.0 Å². The number of nitrogens with zero attached hydrogens (tertiary/aromatic N) is 3. The fourth-order valence-corrected chi connectivity index (χ4v) is 6.77. The fourth-order valence-electron chi connectivity index (χ4n) is 5.97. The molecule has 7 nitrogen and oxygen atoms in total. The number of ether oxygens (including phenoxy) is 1. The molecule has 10 heteroatoms. The number of pyridine rings is 1. The number of aromatic nitrogens is 1. The zero-order valence-corrected chi connectivity index (χ0v) is 25.0. The lowest BCUT2D eigenvalue weighted by Crippen LogP contribution is -2.42. The van der Waals surface area contributed by atoms with Gasteiger partial charge in [0.1, 0.15) is 0 Å². The Labute approximate surface area is 259 Å². The lowest BCUT2D eigenvalue weighted by atomic mass is 9.84. The van der Waals surface area contributed by atoms with Crippen LogP contribution < -0.4 is 10.2 Å². The van der Waals surface area contributed by atoms with Crippen molar-refractivity contribution >= 4 is 58.2 Å². The lowest BCUT2D eigenvalue weighted by molar-refractivity contribution is -0.145. The number of methoxy groups -OCH3 is 1. The van der Waals surface area contributed by atoms with E-state index in [1.54, 1.807) is 24.4 Å². The van der Waals surface area contributed by atoms with Crippen LogP contribution >= 0.6 is 34.8 Å². The Morgan fingerprint density at radius 1 is 0.976 bits per heavy atom. The van der Waals surface area contributed by atoms with Gasteiger partial charge in [0.15, 0.2) is 0 Å². The fraction of sp³-hybridized carbons (Fsp3) is 0.219. The molecule has 2 amide bonds. The summed E-state index contributed by atoms with van der Waals surface area (Å²) in [6.45, 7) is 2.05. The largest absolute Gasteiger partial charge is 0.469 e. The highest BCUT2D eigenvalue weighted by molar-refractivity contribution is 6.40. The molecule has 1 unspecified atom stereocenters.